The molecule has 0 aliphatic heterocycles. The van der Waals surface area contributed by atoms with Gasteiger partial charge in [0.1, 0.15) is 5.75 Å². The summed E-state index contributed by atoms with van der Waals surface area (Å²) in [5.74, 6) is 0.572. The van der Waals surface area contributed by atoms with E-state index in [1.165, 1.54) is 0 Å². The highest BCUT2D eigenvalue weighted by atomic mass is 127. The van der Waals surface area contributed by atoms with Crippen LogP contribution in [0.3, 0.4) is 0 Å². The normalized spacial score (nSPS) is 10.2. The Kier molecular flexibility index (Phi) is 3.60. The fourth-order valence-corrected chi connectivity index (χ4v) is 1.57. The van der Waals surface area contributed by atoms with E-state index in [0.717, 1.165) is 9.13 Å². The predicted octanol–water partition coefficient (Wildman–Crippen LogP) is 3.84. The highest BCUT2D eigenvalue weighted by molar-refractivity contribution is 14.1. The maximum atomic E-state index is 6.00. The maximum absolute atomic E-state index is 6.00. The zero-order chi connectivity index (χ0) is 11.5. The van der Waals surface area contributed by atoms with E-state index in [0.29, 0.717) is 16.8 Å². The number of ether oxygens (including phenoxy) is 1. The minimum atomic E-state index is 0.299. The Morgan fingerprint density at radius 2 is 1.94 bits per heavy atom. The Morgan fingerprint density at radius 3 is 2.62 bits per heavy atom. The number of hydrogen-bond acceptors (Lipinski definition) is 3. The quantitative estimate of drug-likeness (QED) is 0.775. The zero-order valence-electron chi connectivity index (χ0n) is 8.45. The highest BCUT2D eigenvalue weighted by Gasteiger charge is 2.05. The van der Waals surface area contributed by atoms with Crippen LogP contribution in [0.15, 0.2) is 30.6 Å². The van der Waals surface area contributed by atoms with E-state index >= 15 is 0 Å². The van der Waals surface area contributed by atoms with E-state index in [4.69, 9.17) is 16.3 Å². The molecule has 0 N–H and O–H groups in total. The van der Waals surface area contributed by atoms with Crippen molar-refractivity contribution >= 4 is 34.2 Å². The molecule has 0 aliphatic carbocycles. The summed E-state index contributed by atoms with van der Waals surface area (Å²) in [6.07, 6.45) is 3.37. The topological polar surface area (TPSA) is 35.0 Å². The van der Waals surface area contributed by atoms with Crippen LogP contribution in [0, 0.1) is 10.5 Å². The van der Waals surface area contributed by atoms with E-state index in [9.17, 15) is 0 Å². The highest BCUT2D eigenvalue weighted by Crippen LogP contribution is 2.28. The van der Waals surface area contributed by atoms with Gasteiger partial charge in [-0.25, -0.2) is 9.97 Å². The Balaban J connectivity index is 2.26. The van der Waals surface area contributed by atoms with Gasteiger partial charge in [0.05, 0.1) is 5.02 Å². The van der Waals surface area contributed by atoms with Gasteiger partial charge in [0.2, 0.25) is 0 Å². The molecule has 2 aromatic rings. The Morgan fingerprint density at radius 1 is 1.25 bits per heavy atom. The van der Waals surface area contributed by atoms with Gasteiger partial charge in [0.25, 0.3) is 0 Å². The first-order chi connectivity index (χ1) is 7.65. The standard InChI is InChI=1S/C11H8ClIN2O/c1-7-2-3-9(12)10(4-7)16-11-14-5-8(13)6-15-11/h2-6H,1H3. The number of nitrogens with zero attached hydrogens (tertiary/aromatic N) is 2. The summed E-state index contributed by atoms with van der Waals surface area (Å²) < 4.78 is 6.45. The van der Waals surface area contributed by atoms with E-state index in [1.54, 1.807) is 18.5 Å². The molecule has 5 heteroatoms. The minimum Gasteiger partial charge on any atom is -0.423 e. The number of hydrogen-bond donors (Lipinski definition) is 0. The van der Waals surface area contributed by atoms with Crippen LogP contribution in [-0.2, 0) is 0 Å². The number of rotatable bonds is 2. The van der Waals surface area contributed by atoms with Crippen LogP contribution < -0.4 is 4.74 Å². The van der Waals surface area contributed by atoms with E-state index in [-0.39, 0.29) is 0 Å². The summed E-state index contributed by atoms with van der Waals surface area (Å²) in [6, 6.07) is 5.86. The summed E-state index contributed by atoms with van der Waals surface area (Å²) >= 11 is 8.13. The fourth-order valence-electron chi connectivity index (χ4n) is 1.14. The minimum absolute atomic E-state index is 0.299. The average molecular weight is 347 g/mol. The van der Waals surface area contributed by atoms with Crippen molar-refractivity contribution in [3.05, 3.63) is 44.7 Å². The van der Waals surface area contributed by atoms with Crippen LogP contribution in [0.25, 0.3) is 0 Å². The van der Waals surface area contributed by atoms with Gasteiger partial charge in [-0.15, -0.1) is 0 Å². The molecule has 1 heterocycles. The van der Waals surface area contributed by atoms with Crippen molar-refractivity contribution in [2.45, 2.75) is 6.92 Å². The van der Waals surface area contributed by atoms with Crippen LogP contribution in [0.5, 0.6) is 11.8 Å². The van der Waals surface area contributed by atoms with E-state index in [1.807, 2.05) is 19.1 Å². The second-order valence-corrected chi connectivity index (χ2v) is 4.87. The summed E-state index contributed by atoms with van der Waals surface area (Å²) in [4.78, 5) is 8.09. The Labute approximate surface area is 112 Å². The maximum Gasteiger partial charge on any atom is 0.321 e. The molecule has 3 nitrogen and oxygen atoms in total. The van der Waals surface area contributed by atoms with Crippen molar-refractivity contribution in [1.82, 2.24) is 9.97 Å². The molecule has 0 unspecified atom stereocenters. The first-order valence-electron chi connectivity index (χ1n) is 4.57. The molecule has 1 aromatic heterocycles. The van der Waals surface area contributed by atoms with Crippen molar-refractivity contribution in [2.75, 3.05) is 0 Å². The van der Waals surface area contributed by atoms with Crippen LogP contribution in [0.1, 0.15) is 5.56 Å². The van der Waals surface area contributed by atoms with Gasteiger partial charge in [-0.3, -0.25) is 0 Å². The molecule has 0 atom stereocenters. The van der Waals surface area contributed by atoms with Gasteiger partial charge in [0, 0.05) is 16.0 Å². The van der Waals surface area contributed by atoms with Gasteiger partial charge in [0.15, 0.2) is 0 Å². The zero-order valence-corrected chi connectivity index (χ0v) is 11.4. The van der Waals surface area contributed by atoms with Crippen molar-refractivity contribution in [2.24, 2.45) is 0 Å². The van der Waals surface area contributed by atoms with Gasteiger partial charge in [-0.1, -0.05) is 17.7 Å². The molecule has 0 bridgehead atoms. The molecule has 0 amide bonds. The molecule has 0 spiro atoms. The predicted molar refractivity (Wildman–Crippen MR) is 71.0 cm³/mol. The first-order valence-corrected chi connectivity index (χ1v) is 6.02. The van der Waals surface area contributed by atoms with Gasteiger partial charge < -0.3 is 4.74 Å². The molecule has 16 heavy (non-hydrogen) atoms. The van der Waals surface area contributed by atoms with Crippen LogP contribution in [0.4, 0.5) is 0 Å². The molecule has 1 aromatic carbocycles. The van der Waals surface area contributed by atoms with Gasteiger partial charge in [-0.05, 0) is 47.2 Å². The summed E-state index contributed by atoms with van der Waals surface area (Å²) in [5, 5.41) is 0.549. The SMILES string of the molecule is Cc1ccc(Cl)c(Oc2ncc(I)cn2)c1. The summed E-state index contributed by atoms with van der Waals surface area (Å²) in [7, 11) is 0. The van der Waals surface area contributed by atoms with Crippen LogP contribution in [-0.4, -0.2) is 9.97 Å². The molecule has 0 saturated carbocycles. The summed E-state index contributed by atoms with van der Waals surface area (Å²) in [5.41, 5.74) is 1.07. The first kappa shape index (κ1) is 11.6. The number of aryl methyl sites for hydroxylation is 1. The second-order valence-electron chi connectivity index (χ2n) is 3.22. The lowest BCUT2D eigenvalue weighted by Gasteiger charge is -2.06. The number of benzene rings is 1. The fraction of sp³-hybridized carbons (Fsp3) is 0.0909. The van der Waals surface area contributed by atoms with E-state index in [2.05, 4.69) is 32.6 Å². The number of aromatic nitrogens is 2. The molecular formula is C11H8ClIN2O. The lowest BCUT2D eigenvalue weighted by atomic mass is 10.2. The van der Waals surface area contributed by atoms with Crippen molar-refractivity contribution in [1.29, 1.82) is 0 Å². The molecule has 0 fully saturated rings. The molecule has 2 rings (SSSR count). The van der Waals surface area contributed by atoms with Crippen molar-refractivity contribution in [3.8, 4) is 11.8 Å². The third-order valence-electron chi connectivity index (χ3n) is 1.88. The van der Waals surface area contributed by atoms with Crippen LogP contribution in [0.2, 0.25) is 5.02 Å². The summed E-state index contributed by atoms with van der Waals surface area (Å²) in [6.45, 7) is 1.97. The monoisotopic (exact) mass is 346 g/mol. The largest absolute Gasteiger partial charge is 0.423 e. The molecule has 0 aliphatic rings. The lowest BCUT2D eigenvalue weighted by molar-refractivity contribution is 0.441. The van der Waals surface area contributed by atoms with Crippen molar-refractivity contribution < 1.29 is 4.74 Å². The Hall–Kier alpha value is -0.880. The van der Waals surface area contributed by atoms with E-state index < -0.39 is 0 Å². The number of halogens is 2. The van der Waals surface area contributed by atoms with Gasteiger partial charge >= 0.3 is 6.01 Å². The smallest absolute Gasteiger partial charge is 0.321 e. The second kappa shape index (κ2) is 4.97. The lowest BCUT2D eigenvalue weighted by Crippen LogP contribution is -1.92. The third kappa shape index (κ3) is 2.82. The molecular weight excluding hydrogens is 338 g/mol. The molecule has 82 valence electrons. The Bertz CT molecular complexity index is 502. The van der Waals surface area contributed by atoms with Crippen molar-refractivity contribution in [3.63, 3.8) is 0 Å². The molecule has 0 radical (unpaired) electrons. The molecule has 0 saturated heterocycles. The van der Waals surface area contributed by atoms with Crippen LogP contribution >= 0.6 is 34.2 Å². The van der Waals surface area contributed by atoms with Gasteiger partial charge in [-0.2, -0.15) is 0 Å². The third-order valence-corrected chi connectivity index (χ3v) is 2.75. The average Bonchev–Trinajstić information content (AvgIpc) is 2.27.